The standard InChI is InChI=1S/C6H11N3O/c1-4(6(7)8-3)9-5(2)10/h3,7H2,1-2H3,(H,9,10)/b6-4+. The number of hydrogen-bond donors (Lipinski definition) is 2. The Bertz CT molecular complexity index is 183. The van der Waals surface area contributed by atoms with Crippen molar-refractivity contribution in [2.75, 3.05) is 0 Å². The zero-order valence-electron chi connectivity index (χ0n) is 6.14. The van der Waals surface area contributed by atoms with E-state index in [1.54, 1.807) is 6.92 Å². The third kappa shape index (κ3) is 2.86. The summed E-state index contributed by atoms with van der Waals surface area (Å²) in [6.07, 6.45) is 0. The second-order valence-corrected chi connectivity index (χ2v) is 1.85. The molecule has 0 saturated heterocycles. The number of aliphatic imine (C=N–C) groups is 1. The Kier molecular flexibility index (Phi) is 3.17. The molecule has 0 radical (unpaired) electrons. The molecule has 10 heavy (non-hydrogen) atoms. The van der Waals surface area contributed by atoms with Crippen molar-refractivity contribution < 1.29 is 4.79 Å². The SMILES string of the molecule is C=N/C(N)=C(\C)NC(C)=O. The first-order valence-corrected chi connectivity index (χ1v) is 2.78. The predicted octanol–water partition coefficient (Wildman–Crippen LogP) is -0.0292. The van der Waals surface area contributed by atoms with Gasteiger partial charge in [-0.2, -0.15) is 0 Å². The highest BCUT2D eigenvalue weighted by atomic mass is 16.1. The minimum Gasteiger partial charge on any atom is -0.382 e. The Morgan fingerprint density at radius 3 is 2.40 bits per heavy atom. The third-order valence-corrected chi connectivity index (χ3v) is 0.918. The van der Waals surface area contributed by atoms with Gasteiger partial charge in [0, 0.05) is 6.92 Å². The van der Waals surface area contributed by atoms with Gasteiger partial charge >= 0.3 is 0 Å². The molecule has 0 spiro atoms. The highest BCUT2D eigenvalue weighted by Crippen LogP contribution is 1.92. The number of rotatable bonds is 2. The molecule has 56 valence electrons. The van der Waals surface area contributed by atoms with Crippen LogP contribution in [0.25, 0.3) is 0 Å². The first-order valence-electron chi connectivity index (χ1n) is 2.78. The number of allylic oxidation sites excluding steroid dienone is 1. The van der Waals surface area contributed by atoms with Gasteiger partial charge in [-0.15, -0.1) is 0 Å². The van der Waals surface area contributed by atoms with Crippen LogP contribution in [0.5, 0.6) is 0 Å². The van der Waals surface area contributed by atoms with E-state index in [-0.39, 0.29) is 11.7 Å². The van der Waals surface area contributed by atoms with E-state index < -0.39 is 0 Å². The maximum Gasteiger partial charge on any atom is 0.221 e. The lowest BCUT2D eigenvalue weighted by Gasteiger charge is -2.01. The quantitative estimate of drug-likeness (QED) is 0.530. The number of amides is 1. The molecule has 1 amide bonds. The summed E-state index contributed by atoms with van der Waals surface area (Å²) >= 11 is 0. The highest BCUT2D eigenvalue weighted by molar-refractivity contribution is 5.74. The molecule has 0 heterocycles. The number of carbonyl (C=O) groups excluding carboxylic acids is 1. The van der Waals surface area contributed by atoms with E-state index >= 15 is 0 Å². The molecule has 0 atom stereocenters. The lowest BCUT2D eigenvalue weighted by molar-refractivity contribution is -0.118. The maximum absolute atomic E-state index is 10.4. The van der Waals surface area contributed by atoms with E-state index in [2.05, 4.69) is 17.0 Å². The van der Waals surface area contributed by atoms with Crippen molar-refractivity contribution in [3.05, 3.63) is 11.5 Å². The van der Waals surface area contributed by atoms with Crippen molar-refractivity contribution in [2.24, 2.45) is 10.7 Å². The van der Waals surface area contributed by atoms with Crippen LogP contribution in [0.3, 0.4) is 0 Å². The Morgan fingerprint density at radius 2 is 2.10 bits per heavy atom. The number of nitrogens with one attached hydrogen (secondary N) is 1. The molecule has 0 aliphatic heterocycles. The van der Waals surface area contributed by atoms with Gasteiger partial charge in [0.2, 0.25) is 5.91 Å². The van der Waals surface area contributed by atoms with Gasteiger partial charge in [-0.3, -0.25) is 4.79 Å². The molecule has 0 fully saturated rings. The number of hydrogen-bond acceptors (Lipinski definition) is 3. The molecule has 0 aromatic carbocycles. The number of nitrogens with two attached hydrogens (primary N) is 1. The lowest BCUT2D eigenvalue weighted by atomic mass is 10.4. The molecule has 0 bridgehead atoms. The molecule has 0 rings (SSSR count). The number of carbonyl (C=O) groups is 1. The van der Waals surface area contributed by atoms with Crippen LogP contribution in [0.1, 0.15) is 13.8 Å². The van der Waals surface area contributed by atoms with Crippen LogP contribution < -0.4 is 11.1 Å². The fourth-order valence-corrected chi connectivity index (χ4v) is 0.447. The molecule has 0 aromatic rings. The summed E-state index contributed by atoms with van der Waals surface area (Å²) in [6.45, 7) is 6.27. The van der Waals surface area contributed by atoms with E-state index in [1.807, 2.05) is 0 Å². The van der Waals surface area contributed by atoms with E-state index in [1.165, 1.54) is 6.92 Å². The van der Waals surface area contributed by atoms with Gasteiger partial charge in [0.25, 0.3) is 0 Å². The van der Waals surface area contributed by atoms with Gasteiger partial charge in [0.05, 0.1) is 5.70 Å². The first kappa shape index (κ1) is 8.68. The van der Waals surface area contributed by atoms with Crippen LogP contribution in [0.2, 0.25) is 0 Å². The molecule has 0 saturated carbocycles. The van der Waals surface area contributed by atoms with Gasteiger partial charge in [0.15, 0.2) is 0 Å². The van der Waals surface area contributed by atoms with Gasteiger partial charge in [-0.05, 0) is 13.6 Å². The smallest absolute Gasteiger partial charge is 0.221 e. The minimum atomic E-state index is -0.163. The van der Waals surface area contributed by atoms with Gasteiger partial charge < -0.3 is 11.1 Å². The maximum atomic E-state index is 10.4. The Morgan fingerprint density at radius 1 is 1.60 bits per heavy atom. The van der Waals surface area contributed by atoms with Crippen LogP contribution in [-0.4, -0.2) is 12.6 Å². The molecule has 0 unspecified atom stereocenters. The molecular weight excluding hydrogens is 130 g/mol. The zero-order valence-corrected chi connectivity index (χ0v) is 6.14. The predicted molar refractivity (Wildman–Crippen MR) is 40.3 cm³/mol. The number of nitrogens with zero attached hydrogens (tertiary/aromatic N) is 1. The van der Waals surface area contributed by atoms with Crippen molar-refractivity contribution in [1.82, 2.24) is 5.32 Å². The van der Waals surface area contributed by atoms with E-state index in [9.17, 15) is 4.79 Å². The van der Waals surface area contributed by atoms with E-state index in [0.717, 1.165) is 0 Å². The normalized spacial score (nSPS) is 11.8. The molecular formula is C6H11N3O. The monoisotopic (exact) mass is 141 g/mol. The van der Waals surface area contributed by atoms with Crippen LogP contribution >= 0.6 is 0 Å². The van der Waals surface area contributed by atoms with Crippen molar-refractivity contribution in [2.45, 2.75) is 13.8 Å². The zero-order chi connectivity index (χ0) is 8.15. The average molecular weight is 141 g/mol. The summed E-state index contributed by atoms with van der Waals surface area (Å²) in [5, 5.41) is 2.48. The summed E-state index contributed by atoms with van der Waals surface area (Å²) in [5.41, 5.74) is 5.83. The Balaban J connectivity index is 4.18. The summed E-state index contributed by atoms with van der Waals surface area (Å²) in [6, 6.07) is 0. The van der Waals surface area contributed by atoms with Crippen LogP contribution in [0, 0.1) is 0 Å². The van der Waals surface area contributed by atoms with Crippen molar-refractivity contribution in [1.29, 1.82) is 0 Å². The average Bonchev–Trinajstić information content (AvgIpc) is 1.85. The molecule has 4 nitrogen and oxygen atoms in total. The first-order chi connectivity index (χ1) is 4.57. The summed E-state index contributed by atoms with van der Waals surface area (Å²) in [5.74, 6) is 0.0827. The van der Waals surface area contributed by atoms with Crippen molar-refractivity contribution in [3.8, 4) is 0 Å². The molecule has 4 heteroatoms. The second kappa shape index (κ2) is 3.66. The van der Waals surface area contributed by atoms with E-state index in [4.69, 9.17) is 5.73 Å². The van der Waals surface area contributed by atoms with Crippen LogP contribution in [0.4, 0.5) is 0 Å². The molecule has 0 aromatic heterocycles. The Hall–Kier alpha value is -1.32. The highest BCUT2D eigenvalue weighted by Gasteiger charge is 1.95. The summed E-state index contributed by atoms with van der Waals surface area (Å²) in [7, 11) is 0. The van der Waals surface area contributed by atoms with Crippen molar-refractivity contribution >= 4 is 12.6 Å². The molecule has 0 aliphatic carbocycles. The topological polar surface area (TPSA) is 67.5 Å². The molecule has 3 N–H and O–H groups in total. The van der Waals surface area contributed by atoms with Crippen LogP contribution in [0.15, 0.2) is 16.5 Å². The fourth-order valence-electron chi connectivity index (χ4n) is 0.447. The van der Waals surface area contributed by atoms with Gasteiger partial charge in [-0.25, -0.2) is 4.99 Å². The van der Waals surface area contributed by atoms with Crippen molar-refractivity contribution in [3.63, 3.8) is 0 Å². The van der Waals surface area contributed by atoms with Gasteiger partial charge in [-0.1, -0.05) is 0 Å². The van der Waals surface area contributed by atoms with Crippen LogP contribution in [-0.2, 0) is 4.79 Å². The molecule has 0 aliphatic rings. The largest absolute Gasteiger partial charge is 0.382 e. The third-order valence-electron chi connectivity index (χ3n) is 0.918. The second-order valence-electron chi connectivity index (χ2n) is 1.85. The summed E-state index contributed by atoms with van der Waals surface area (Å²) < 4.78 is 0. The Labute approximate surface area is 59.8 Å². The summed E-state index contributed by atoms with van der Waals surface area (Å²) in [4.78, 5) is 13.8. The van der Waals surface area contributed by atoms with E-state index in [0.29, 0.717) is 5.70 Å². The van der Waals surface area contributed by atoms with Gasteiger partial charge in [0.1, 0.15) is 5.82 Å². The fraction of sp³-hybridized carbons (Fsp3) is 0.333. The lowest BCUT2D eigenvalue weighted by Crippen LogP contribution is -2.20. The minimum absolute atomic E-state index is 0.163.